The van der Waals surface area contributed by atoms with Crippen molar-refractivity contribution in [2.45, 2.75) is 98.4 Å². The van der Waals surface area contributed by atoms with E-state index in [0.717, 1.165) is 12.7 Å². The van der Waals surface area contributed by atoms with Crippen molar-refractivity contribution in [2.24, 2.45) is 11.3 Å². The number of aldehydes is 1. The van der Waals surface area contributed by atoms with E-state index in [1.807, 2.05) is 55.4 Å². The lowest BCUT2D eigenvalue weighted by atomic mass is 9.85. The summed E-state index contributed by atoms with van der Waals surface area (Å²) in [5.74, 6) is -0.994. The zero-order valence-electron chi connectivity index (χ0n) is 19.7. The van der Waals surface area contributed by atoms with Gasteiger partial charge in [0.15, 0.2) is 0 Å². The third kappa shape index (κ3) is 6.99. The number of carbonyl (C=O) groups is 4. The molecule has 1 heterocycles. The molecule has 0 bridgehead atoms. The summed E-state index contributed by atoms with van der Waals surface area (Å²) in [6.45, 7) is 15.2. The Hall–Kier alpha value is -2.12. The molecule has 3 atom stereocenters. The first-order valence-corrected chi connectivity index (χ1v) is 10.8. The van der Waals surface area contributed by atoms with E-state index in [4.69, 9.17) is 4.74 Å². The average Bonchev–Trinajstić information content (AvgIpc) is 3.10. The Labute approximate surface area is 180 Å². The molecule has 2 N–H and O–H groups in total. The number of ether oxygens (including phenoxy) is 1. The standard InChI is InChI=1S/C22H39N3O5/c1-9-22(7,8)30-19(28)16(14(2)3)23-20(29)24-17(21(4,5)6)18(27)25-12-10-11-15(25)13-26/h13-17H,9-12H2,1-8H3,(H2,23,24,29). The van der Waals surface area contributed by atoms with Crippen molar-refractivity contribution in [3.8, 4) is 0 Å². The van der Waals surface area contributed by atoms with Crippen molar-refractivity contribution in [3.05, 3.63) is 0 Å². The Bertz CT molecular complexity index is 639. The highest BCUT2D eigenvalue weighted by Gasteiger charge is 2.40. The smallest absolute Gasteiger partial charge is 0.329 e. The molecule has 0 aliphatic carbocycles. The summed E-state index contributed by atoms with van der Waals surface area (Å²) in [4.78, 5) is 51.3. The molecule has 3 amide bonds. The fourth-order valence-corrected chi connectivity index (χ4v) is 3.24. The normalized spacial score (nSPS) is 19.2. The molecular formula is C22H39N3O5. The van der Waals surface area contributed by atoms with Crippen LogP contribution < -0.4 is 10.6 Å². The molecule has 0 saturated carbocycles. The van der Waals surface area contributed by atoms with Crippen LogP contribution in [0.1, 0.15) is 74.7 Å². The Kier molecular flexibility index (Phi) is 8.87. The molecule has 0 aromatic carbocycles. The Morgan fingerprint density at radius 3 is 2.20 bits per heavy atom. The maximum atomic E-state index is 13.1. The highest BCUT2D eigenvalue weighted by Crippen LogP contribution is 2.25. The molecule has 3 unspecified atom stereocenters. The lowest BCUT2D eigenvalue weighted by Crippen LogP contribution is -2.60. The molecule has 1 aliphatic heterocycles. The second-order valence-corrected chi connectivity index (χ2v) is 10.1. The minimum Gasteiger partial charge on any atom is -0.458 e. The molecule has 0 aromatic heterocycles. The fourth-order valence-electron chi connectivity index (χ4n) is 3.24. The molecule has 1 rings (SSSR count). The van der Waals surface area contributed by atoms with Gasteiger partial charge in [0, 0.05) is 6.54 Å². The molecule has 8 nitrogen and oxygen atoms in total. The van der Waals surface area contributed by atoms with E-state index >= 15 is 0 Å². The van der Waals surface area contributed by atoms with Crippen LogP contribution in [0.3, 0.4) is 0 Å². The second-order valence-electron chi connectivity index (χ2n) is 10.1. The van der Waals surface area contributed by atoms with Crippen LogP contribution in [-0.4, -0.2) is 59.4 Å². The summed E-state index contributed by atoms with van der Waals surface area (Å²) in [6, 6.07) is -2.76. The molecule has 1 aliphatic rings. The van der Waals surface area contributed by atoms with Gasteiger partial charge in [-0.15, -0.1) is 0 Å². The van der Waals surface area contributed by atoms with Crippen LogP contribution in [0.15, 0.2) is 0 Å². The van der Waals surface area contributed by atoms with Gasteiger partial charge in [0.1, 0.15) is 24.0 Å². The Morgan fingerprint density at radius 2 is 1.73 bits per heavy atom. The van der Waals surface area contributed by atoms with E-state index < -0.39 is 41.1 Å². The molecule has 172 valence electrons. The van der Waals surface area contributed by atoms with Gasteiger partial charge in [-0.1, -0.05) is 41.5 Å². The number of likely N-dealkylation sites (tertiary alicyclic amines) is 1. The Balaban J connectivity index is 2.93. The predicted octanol–water partition coefficient (Wildman–Crippen LogP) is 2.65. The van der Waals surface area contributed by atoms with Crippen LogP contribution in [0.4, 0.5) is 4.79 Å². The minimum atomic E-state index is -0.846. The highest BCUT2D eigenvalue weighted by molar-refractivity contribution is 5.91. The molecule has 0 aromatic rings. The van der Waals surface area contributed by atoms with Crippen molar-refractivity contribution in [1.29, 1.82) is 0 Å². The maximum Gasteiger partial charge on any atom is 0.329 e. The van der Waals surface area contributed by atoms with E-state index in [9.17, 15) is 19.2 Å². The molecule has 1 saturated heterocycles. The van der Waals surface area contributed by atoms with Crippen molar-refractivity contribution in [2.75, 3.05) is 6.54 Å². The summed E-state index contributed by atoms with van der Waals surface area (Å²) in [5.41, 5.74) is -1.21. The van der Waals surface area contributed by atoms with Gasteiger partial charge in [-0.2, -0.15) is 0 Å². The number of hydrogen-bond acceptors (Lipinski definition) is 5. The number of nitrogens with one attached hydrogen (secondary N) is 2. The monoisotopic (exact) mass is 425 g/mol. The van der Waals surface area contributed by atoms with Gasteiger partial charge in [-0.05, 0) is 44.4 Å². The number of rotatable bonds is 8. The first-order chi connectivity index (χ1) is 13.7. The summed E-state index contributed by atoms with van der Waals surface area (Å²) in [6.07, 6.45) is 2.81. The number of carbonyl (C=O) groups excluding carboxylic acids is 4. The van der Waals surface area contributed by atoms with Crippen LogP contribution in [0.2, 0.25) is 0 Å². The highest BCUT2D eigenvalue weighted by atomic mass is 16.6. The third-order valence-corrected chi connectivity index (χ3v) is 5.56. The van der Waals surface area contributed by atoms with Gasteiger partial charge in [0.25, 0.3) is 0 Å². The second kappa shape index (κ2) is 10.3. The zero-order valence-corrected chi connectivity index (χ0v) is 19.7. The number of nitrogens with zero attached hydrogens (tertiary/aromatic N) is 1. The third-order valence-electron chi connectivity index (χ3n) is 5.56. The van der Waals surface area contributed by atoms with Crippen molar-refractivity contribution < 1.29 is 23.9 Å². The lowest BCUT2D eigenvalue weighted by molar-refractivity contribution is -0.160. The summed E-state index contributed by atoms with van der Waals surface area (Å²) < 4.78 is 5.55. The number of esters is 1. The van der Waals surface area contributed by atoms with Gasteiger partial charge in [-0.3, -0.25) is 4.79 Å². The molecule has 0 radical (unpaired) electrons. The lowest BCUT2D eigenvalue weighted by Gasteiger charge is -2.35. The van der Waals surface area contributed by atoms with Gasteiger partial charge in [-0.25, -0.2) is 9.59 Å². The molecular weight excluding hydrogens is 386 g/mol. The number of amides is 3. The Morgan fingerprint density at radius 1 is 1.13 bits per heavy atom. The average molecular weight is 426 g/mol. The first kappa shape index (κ1) is 25.9. The topological polar surface area (TPSA) is 105 Å². The number of hydrogen-bond donors (Lipinski definition) is 2. The van der Waals surface area contributed by atoms with Crippen LogP contribution >= 0.6 is 0 Å². The zero-order chi connectivity index (χ0) is 23.3. The molecule has 1 fully saturated rings. The van der Waals surface area contributed by atoms with Crippen LogP contribution in [0.5, 0.6) is 0 Å². The van der Waals surface area contributed by atoms with E-state index in [2.05, 4.69) is 10.6 Å². The van der Waals surface area contributed by atoms with Gasteiger partial charge in [0.05, 0.1) is 6.04 Å². The first-order valence-electron chi connectivity index (χ1n) is 10.8. The largest absolute Gasteiger partial charge is 0.458 e. The van der Waals surface area contributed by atoms with Gasteiger partial charge >= 0.3 is 12.0 Å². The van der Waals surface area contributed by atoms with E-state index in [1.54, 1.807) is 0 Å². The quantitative estimate of drug-likeness (QED) is 0.459. The number of urea groups is 1. The van der Waals surface area contributed by atoms with Crippen LogP contribution in [-0.2, 0) is 19.1 Å². The SMILES string of the molecule is CCC(C)(C)OC(=O)C(NC(=O)NC(C(=O)N1CCCC1C=O)C(C)(C)C)C(C)C. The van der Waals surface area contributed by atoms with E-state index in [-0.39, 0.29) is 11.8 Å². The van der Waals surface area contributed by atoms with E-state index in [0.29, 0.717) is 19.4 Å². The predicted molar refractivity (Wildman–Crippen MR) is 115 cm³/mol. The van der Waals surface area contributed by atoms with Gasteiger partial charge in [0.2, 0.25) is 5.91 Å². The van der Waals surface area contributed by atoms with Crippen molar-refractivity contribution in [3.63, 3.8) is 0 Å². The molecule has 8 heteroatoms. The summed E-state index contributed by atoms with van der Waals surface area (Å²) in [7, 11) is 0. The molecule has 0 spiro atoms. The van der Waals surface area contributed by atoms with Crippen molar-refractivity contribution >= 4 is 24.2 Å². The van der Waals surface area contributed by atoms with Crippen LogP contribution in [0, 0.1) is 11.3 Å². The fraction of sp³-hybridized carbons (Fsp3) is 0.818. The van der Waals surface area contributed by atoms with Gasteiger partial charge < -0.3 is 25.1 Å². The van der Waals surface area contributed by atoms with Crippen molar-refractivity contribution in [1.82, 2.24) is 15.5 Å². The molecule has 30 heavy (non-hydrogen) atoms. The summed E-state index contributed by atoms with van der Waals surface area (Å²) >= 11 is 0. The summed E-state index contributed by atoms with van der Waals surface area (Å²) in [5, 5.41) is 5.40. The van der Waals surface area contributed by atoms with Crippen LogP contribution in [0.25, 0.3) is 0 Å². The maximum absolute atomic E-state index is 13.1. The minimum absolute atomic E-state index is 0.197. The van der Waals surface area contributed by atoms with E-state index in [1.165, 1.54) is 4.90 Å².